The fraction of sp³-hybridized carbons (Fsp3) is 1.00. The lowest BCUT2D eigenvalue weighted by atomic mass is 9.85. The largest absolute Gasteiger partial charge is 0.151 e. The predicted octanol–water partition coefficient (Wildman–Crippen LogP) is 2.72. The van der Waals surface area contributed by atoms with Crippen LogP contribution < -0.4 is 0 Å². The maximum Gasteiger partial charge on any atom is 0.0919 e. The molecule has 1 aliphatic rings. The van der Waals surface area contributed by atoms with E-state index in [1.807, 2.05) is 6.92 Å². The standard InChI is InChI=1S/C8H15NO/c1-7(9-10)8-5-3-2-4-6-8/h7-8H,2-6H2,1H3. The van der Waals surface area contributed by atoms with Gasteiger partial charge >= 0.3 is 0 Å². The van der Waals surface area contributed by atoms with Gasteiger partial charge in [0.1, 0.15) is 0 Å². The Balaban J connectivity index is 2.30. The number of rotatable bonds is 2. The van der Waals surface area contributed by atoms with Crippen molar-refractivity contribution in [3.05, 3.63) is 4.91 Å². The molecule has 0 heterocycles. The normalized spacial score (nSPS) is 24.1. The second-order valence-electron chi connectivity index (χ2n) is 3.24. The van der Waals surface area contributed by atoms with Crippen LogP contribution in [0, 0.1) is 10.8 Å². The van der Waals surface area contributed by atoms with Crippen molar-refractivity contribution >= 4 is 0 Å². The molecule has 2 nitrogen and oxygen atoms in total. The number of nitroso groups, excluding NO2 is 1. The van der Waals surface area contributed by atoms with E-state index in [1.165, 1.54) is 32.1 Å². The topological polar surface area (TPSA) is 29.4 Å². The first-order chi connectivity index (χ1) is 4.84. The molecular weight excluding hydrogens is 126 g/mol. The Kier molecular flexibility index (Phi) is 2.84. The van der Waals surface area contributed by atoms with Gasteiger partial charge in [0.15, 0.2) is 0 Å². The third kappa shape index (κ3) is 1.79. The molecule has 0 saturated heterocycles. The van der Waals surface area contributed by atoms with Crippen molar-refractivity contribution in [1.82, 2.24) is 0 Å². The monoisotopic (exact) mass is 141 g/mol. The molecule has 0 spiro atoms. The number of hydrogen-bond acceptors (Lipinski definition) is 2. The van der Waals surface area contributed by atoms with Crippen LogP contribution in [0.5, 0.6) is 0 Å². The van der Waals surface area contributed by atoms with Crippen LogP contribution in [0.25, 0.3) is 0 Å². The summed E-state index contributed by atoms with van der Waals surface area (Å²) in [7, 11) is 0. The highest BCUT2D eigenvalue weighted by atomic mass is 16.3. The summed E-state index contributed by atoms with van der Waals surface area (Å²) >= 11 is 0. The fourth-order valence-corrected chi connectivity index (χ4v) is 1.70. The van der Waals surface area contributed by atoms with Crippen LogP contribution in [-0.2, 0) is 0 Å². The molecule has 1 rings (SSSR count). The summed E-state index contributed by atoms with van der Waals surface area (Å²) in [4.78, 5) is 10.2. The van der Waals surface area contributed by atoms with Crippen LogP contribution in [0.4, 0.5) is 0 Å². The van der Waals surface area contributed by atoms with E-state index >= 15 is 0 Å². The van der Waals surface area contributed by atoms with Gasteiger partial charge < -0.3 is 0 Å². The van der Waals surface area contributed by atoms with E-state index in [-0.39, 0.29) is 6.04 Å². The first-order valence-electron chi connectivity index (χ1n) is 4.17. The van der Waals surface area contributed by atoms with Gasteiger partial charge in [-0.15, -0.1) is 0 Å². The van der Waals surface area contributed by atoms with Gasteiger partial charge in [0.2, 0.25) is 0 Å². The quantitative estimate of drug-likeness (QED) is 0.543. The van der Waals surface area contributed by atoms with Crippen molar-refractivity contribution in [3.8, 4) is 0 Å². The Morgan fingerprint density at radius 1 is 1.30 bits per heavy atom. The average Bonchev–Trinajstić information content (AvgIpc) is 2.05. The minimum Gasteiger partial charge on any atom is -0.151 e. The third-order valence-corrected chi connectivity index (χ3v) is 2.50. The molecule has 0 aromatic carbocycles. The molecule has 1 aliphatic carbocycles. The van der Waals surface area contributed by atoms with Crippen molar-refractivity contribution < 1.29 is 0 Å². The number of hydrogen-bond donors (Lipinski definition) is 0. The van der Waals surface area contributed by atoms with Gasteiger partial charge in [-0.2, -0.15) is 4.91 Å². The highest BCUT2D eigenvalue weighted by molar-refractivity contribution is 4.74. The zero-order valence-electron chi connectivity index (χ0n) is 6.55. The molecule has 0 aliphatic heterocycles. The van der Waals surface area contributed by atoms with E-state index in [4.69, 9.17) is 0 Å². The minimum atomic E-state index is 0.0558. The minimum absolute atomic E-state index is 0.0558. The van der Waals surface area contributed by atoms with E-state index in [1.54, 1.807) is 0 Å². The summed E-state index contributed by atoms with van der Waals surface area (Å²) in [6.45, 7) is 1.93. The van der Waals surface area contributed by atoms with Gasteiger partial charge in [-0.3, -0.25) is 0 Å². The Morgan fingerprint density at radius 3 is 2.40 bits per heavy atom. The SMILES string of the molecule is CC(N=O)C1CCCCC1. The Labute approximate surface area is 62.0 Å². The summed E-state index contributed by atoms with van der Waals surface area (Å²) < 4.78 is 0. The molecule has 0 amide bonds. The molecule has 1 saturated carbocycles. The van der Waals surface area contributed by atoms with Crippen LogP contribution in [0.2, 0.25) is 0 Å². The average molecular weight is 141 g/mol. The van der Waals surface area contributed by atoms with E-state index in [2.05, 4.69) is 5.18 Å². The highest BCUT2D eigenvalue weighted by Crippen LogP contribution is 2.27. The molecule has 10 heavy (non-hydrogen) atoms. The Morgan fingerprint density at radius 2 is 1.90 bits per heavy atom. The van der Waals surface area contributed by atoms with Gasteiger partial charge in [0.25, 0.3) is 0 Å². The van der Waals surface area contributed by atoms with E-state index in [0.717, 1.165) is 0 Å². The van der Waals surface area contributed by atoms with Crippen LogP contribution >= 0.6 is 0 Å². The molecule has 0 N–H and O–H groups in total. The van der Waals surface area contributed by atoms with E-state index in [0.29, 0.717) is 5.92 Å². The molecule has 0 aromatic heterocycles. The molecule has 2 heteroatoms. The molecule has 0 bridgehead atoms. The summed E-state index contributed by atoms with van der Waals surface area (Å²) in [6, 6.07) is 0.0558. The molecule has 0 aromatic rings. The lowest BCUT2D eigenvalue weighted by Gasteiger charge is -2.22. The van der Waals surface area contributed by atoms with Crippen LogP contribution in [0.3, 0.4) is 0 Å². The first kappa shape index (κ1) is 7.70. The third-order valence-electron chi connectivity index (χ3n) is 2.50. The maximum atomic E-state index is 10.2. The summed E-state index contributed by atoms with van der Waals surface area (Å²) in [6.07, 6.45) is 6.37. The molecule has 58 valence electrons. The van der Waals surface area contributed by atoms with Crippen LogP contribution in [0.15, 0.2) is 5.18 Å². The lowest BCUT2D eigenvalue weighted by molar-refractivity contribution is 0.316. The highest BCUT2D eigenvalue weighted by Gasteiger charge is 2.19. The van der Waals surface area contributed by atoms with Gasteiger partial charge in [0, 0.05) is 0 Å². The summed E-state index contributed by atoms with van der Waals surface area (Å²) in [5.74, 6) is 0.589. The zero-order chi connectivity index (χ0) is 7.40. The molecule has 1 fully saturated rings. The van der Waals surface area contributed by atoms with E-state index in [9.17, 15) is 4.91 Å². The van der Waals surface area contributed by atoms with Crippen molar-refractivity contribution in [2.75, 3.05) is 0 Å². The van der Waals surface area contributed by atoms with Gasteiger partial charge in [-0.05, 0) is 25.7 Å². The Hall–Kier alpha value is -0.400. The lowest BCUT2D eigenvalue weighted by Crippen LogP contribution is -2.17. The Bertz CT molecular complexity index is 108. The van der Waals surface area contributed by atoms with Crippen molar-refractivity contribution in [2.24, 2.45) is 11.1 Å². The van der Waals surface area contributed by atoms with Crippen LogP contribution in [-0.4, -0.2) is 6.04 Å². The second-order valence-corrected chi connectivity index (χ2v) is 3.24. The van der Waals surface area contributed by atoms with Gasteiger partial charge in [-0.1, -0.05) is 24.4 Å². The molecule has 1 unspecified atom stereocenters. The van der Waals surface area contributed by atoms with Crippen molar-refractivity contribution in [3.63, 3.8) is 0 Å². The number of nitrogens with zero attached hydrogens (tertiary/aromatic N) is 1. The van der Waals surface area contributed by atoms with E-state index < -0.39 is 0 Å². The fourth-order valence-electron chi connectivity index (χ4n) is 1.70. The predicted molar refractivity (Wildman–Crippen MR) is 41.8 cm³/mol. The van der Waals surface area contributed by atoms with Gasteiger partial charge in [-0.25, -0.2) is 0 Å². The second kappa shape index (κ2) is 3.69. The van der Waals surface area contributed by atoms with Crippen LogP contribution in [0.1, 0.15) is 39.0 Å². The summed E-state index contributed by atoms with van der Waals surface area (Å²) in [5.41, 5.74) is 0. The maximum absolute atomic E-state index is 10.2. The first-order valence-corrected chi connectivity index (χ1v) is 4.17. The van der Waals surface area contributed by atoms with Crippen molar-refractivity contribution in [1.29, 1.82) is 0 Å². The molecule has 0 radical (unpaired) electrons. The summed E-state index contributed by atoms with van der Waals surface area (Å²) in [5, 5.41) is 3.06. The molecular formula is C8H15NO. The van der Waals surface area contributed by atoms with Gasteiger partial charge in [0.05, 0.1) is 6.04 Å². The smallest absolute Gasteiger partial charge is 0.0919 e. The molecule has 1 atom stereocenters. The zero-order valence-corrected chi connectivity index (χ0v) is 6.55. The van der Waals surface area contributed by atoms with Crippen molar-refractivity contribution in [2.45, 2.75) is 45.1 Å².